The van der Waals surface area contributed by atoms with E-state index in [-0.39, 0.29) is 0 Å². The van der Waals surface area contributed by atoms with Gasteiger partial charge in [-0.05, 0) is 0 Å². The molecule has 0 unspecified atom stereocenters. The molecule has 0 amide bonds. The minimum Gasteiger partial charge on any atom is -0.327 e. The molecule has 0 bridgehead atoms. The van der Waals surface area contributed by atoms with Gasteiger partial charge in [0, 0.05) is 0 Å². The van der Waals surface area contributed by atoms with Crippen molar-refractivity contribution in [2.45, 2.75) is 26.7 Å². The maximum Gasteiger partial charge on any atom is 0.834 e. The van der Waals surface area contributed by atoms with E-state index in [1.807, 2.05) is 0 Å². The van der Waals surface area contributed by atoms with Crippen molar-refractivity contribution in [3.05, 3.63) is 0 Å². The third-order valence-corrected chi connectivity index (χ3v) is 1.41. The van der Waals surface area contributed by atoms with E-state index in [9.17, 15) is 4.46 Å². The van der Waals surface area contributed by atoms with Gasteiger partial charge in [0.15, 0.2) is 0 Å². The van der Waals surface area contributed by atoms with Crippen LogP contribution < -0.4 is 0 Å². The Labute approximate surface area is 74.3 Å². The summed E-state index contributed by atoms with van der Waals surface area (Å²) < 4.78 is 18.1. The van der Waals surface area contributed by atoms with Crippen molar-refractivity contribution in [1.82, 2.24) is 0 Å². The van der Waals surface area contributed by atoms with Crippen molar-refractivity contribution in [3.8, 4) is 0 Å². The third kappa shape index (κ3) is 16.3. The summed E-state index contributed by atoms with van der Waals surface area (Å²) in [5, 5.41) is 0. The van der Waals surface area contributed by atoms with Gasteiger partial charge in [0.25, 0.3) is 0 Å². The molecule has 0 saturated heterocycles. The van der Waals surface area contributed by atoms with Gasteiger partial charge in [-0.15, -0.1) is 0 Å². The predicted molar refractivity (Wildman–Crippen MR) is 43.2 cm³/mol. The summed E-state index contributed by atoms with van der Waals surface area (Å²) in [4.78, 5) is 7.97. The maximum absolute atomic E-state index is 10.1. The van der Waals surface area contributed by atoms with Crippen LogP contribution in [0.1, 0.15) is 26.7 Å². The quantitative estimate of drug-likeness (QED) is 0.377. The number of hydrogen-bond acceptors (Lipinski definition) is 5. The fourth-order valence-electron chi connectivity index (χ4n) is 0.150. The molecular weight excluding hydrogens is 180 g/mol. The van der Waals surface area contributed by atoms with Crippen LogP contribution in [0.25, 0.3) is 0 Å². The Balaban J connectivity index is 0. The number of rotatable bonds is 5. The topological polar surface area (TPSA) is 54.0 Å². The van der Waals surface area contributed by atoms with Crippen LogP contribution in [-0.4, -0.2) is 23.4 Å². The minimum atomic E-state index is -2.59. The second-order valence-corrected chi connectivity index (χ2v) is 2.58. The van der Waals surface area contributed by atoms with E-state index in [0.717, 1.165) is 0 Å². The van der Waals surface area contributed by atoms with Gasteiger partial charge in [0.2, 0.25) is 0 Å². The molecule has 0 aliphatic heterocycles. The lowest BCUT2D eigenvalue weighted by Crippen LogP contribution is -2.10. The van der Waals surface area contributed by atoms with Crippen LogP contribution in [0.4, 0.5) is 0 Å². The van der Waals surface area contributed by atoms with Crippen molar-refractivity contribution in [2.75, 3.05) is 14.2 Å². The molecular formula is C6H16O5Si. The molecule has 0 saturated carbocycles. The Kier molecular flexibility index (Phi) is 15.4. The Morgan fingerprint density at radius 1 is 1.00 bits per heavy atom. The molecule has 0 atom stereocenters. The maximum atomic E-state index is 10.1. The average Bonchev–Trinajstić information content (AvgIpc) is 2.06. The lowest BCUT2D eigenvalue weighted by Gasteiger charge is -1.94. The van der Waals surface area contributed by atoms with Gasteiger partial charge < -0.3 is 9.15 Å². The summed E-state index contributed by atoms with van der Waals surface area (Å²) in [6.07, 6.45) is 2.64. The van der Waals surface area contributed by atoms with Gasteiger partial charge in [-0.3, -0.25) is 4.46 Å². The zero-order chi connectivity index (χ0) is 9.82. The first-order valence-electron chi connectivity index (χ1n) is 3.68. The van der Waals surface area contributed by atoms with E-state index < -0.39 is 9.17 Å². The molecule has 0 aromatic rings. The first-order valence-corrected chi connectivity index (χ1v) is 4.90. The van der Waals surface area contributed by atoms with Crippen LogP contribution in [-0.2, 0) is 23.4 Å². The molecule has 0 fully saturated rings. The summed E-state index contributed by atoms with van der Waals surface area (Å²) in [6.45, 7) is 4.36. The highest BCUT2D eigenvalue weighted by Crippen LogP contribution is 1.77. The van der Waals surface area contributed by atoms with Crippen molar-refractivity contribution >= 4 is 9.17 Å². The molecule has 6 heteroatoms. The lowest BCUT2D eigenvalue weighted by atomic mass is 10.4. The molecule has 0 aliphatic carbocycles. The van der Waals surface area contributed by atoms with Crippen LogP contribution in [0.3, 0.4) is 0 Å². The van der Waals surface area contributed by atoms with E-state index in [4.69, 9.17) is 0 Å². The van der Waals surface area contributed by atoms with E-state index in [2.05, 4.69) is 32.8 Å². The minimum absolute atomic E-state index is 1.22. The Bertz CT molecular complexity index is 87.9. The number of unbranched alkanes of at least 4 members (excludes halogenated alkanes) is 1. The third-order valence-electron chi connectivity index (χ3n) is 0.803. The summed E-state index contributed by atoms with van der Waals surface area (Å²) in [7, 11) is -0.138. The number of hydrogen-bond donors (Lipinski definition) is 0. The van der Waals surface area contributed by atoms with Crippen LogP contribution in [0.15, 0.2) is 0 Å². The van der Waals surface area contributed by atoms with Crippen molar-refractivity contribution in [3.63, 3.8) is 0 Å². The first-order chi connectivity index (χ1) is 5.72. The summed E-state index contributed by atoms with van der Waals surface area (Å²) in [5.74, 6) is 0. The van der Waals surface area contributed by atoms with Gasteiger partial charge in [-0.25, -0.2) is 9.78 Å². The Morgan fingerprint density at radius 2 is 1.33 bits per heavy atom. The summed E-state index contributed by atoms with van der Waals surface area (Å²) in [5.41, 5.74) is 0. The molecule has 0 aliphatic rings. The molecule has 0 aromatic heterocycles. The summed E-state index contributed by atoms with van der Waals surface area (Å²) >= 11 is 0. The second kappa shape index (κ2) is 13.2. The van der Waals surface area contributed by atoms with Gasteiger partial charge in [-0.2, -0.15) is 0 Å². The predicted octanol–water partition coefficient (Wildman–Crippen LogP) is 1.36. The van der Waals surface area contributed by atoms with Gasteiger partial charge >= 0.3 is 9.17 Å². The highest BCUT2D eigenvalue weighted by atomic mass is 28.3. The molecule has 0 heterocycles. The van der Waals surface area contributed by atoms with Gasteiger partial charge in [-0.1, -0.05) is 26.7 Å². The Hall–Kier alpha value is -0.463. The standard InChI is InChI=1S/C4H10.C2H6O5Si/c1-3-4-2;1-4-6-8(3)7-5-2/h3-4H2,1-2H3;1-2H3. The highest BCUT2D eigenvalue weighted by Gasteiger charge is 2.11. The van der Waals surface area contributed by atoms with E-state index in [1.54, 1.807) is 0 Å². The SMILES string of the molecule is CCCC.COO[Si](=O)OOC. The molecule has 5 nitrogen and oxygen atoms in total. The average molecular weight is 196 g/mol. The van der Waals surface area contributed by atoms with Crippen LogP contribution >= 0.6 is 0 Å². The van der Waals surface area contributed by atoms with Crippen molar-refractivity contribution in [2.24, 2.45) is 0 Å². The van der Waals surface area contributed by atoms with Gasteiger partial charge in [0.05, 0.1) is 14.2 Å². The normalized spacial score (nSPS) is 8.00. The summed E-state index contributed by atoms with van der Waals surface area (Å²) in [6, 6.07) is 0. The fraction of sp³-hybridized carbons (Fsp3) is 1.00. The van der Waals surface area contributed by atoms with Gasteiger partial charge in [0.1, 0.15) is 0 Å². The highest BCUT2D eigenvalue weighted by molar-refractivity contribution is 6.25. The molecule has 12 heavy (non-hydrogen) atoms. The Morgan fingerprint density at radius 3 is 1.50 bits per heavy atom. The molecule has 0 aromatic carbocycles. The molecule has 74 valence electrons. The molecule has 0 spiro atoms. The van der Waals surface area contributed by atoms with E-state index in [1.165, 1.54) is 27.1 Å². The smallest absolute Gasteiger partial charge is 0.327 e. The fourth-order valence-corrected chi connectivity index (χ4v) is 0.450. The van der Waals surface area contributed by atoms with Crippen LogP contribution in [0, 0.1) is 0 Å². The largest absolute Gasteiger partial charge is 0.834 e. The van der Waals surface area contributed by atoms with Crippen LogP contribution in [0.5, 0.6) is 0 Å². The molecule has 0 N–H and O–H groups in total. The zero-order valence-corrected chi connectivity index (χ0v) is 8.96. The first kappa shape index (κ1) is 14.1. The monoisotopic (exact) mass is 196 g/mol. The second-order valence-electron chi connectivity index (χ2n) is 1.75. The zero-order valence-electron chi connectivity index (χ0n) is 7.96. The lowest BCUT2D eigenvalue weighted by molar-refractivity contribution is -0.262. The molecule has 0 rings (SSSR count). The molecule has 0 radical (unpaired) electrons. The van der Waals surface area contributed by atoms with Crippen molar-refractivity contribution in [1.29, 1.82) is 0 Å². The van der Waals surface area contributed by atoms with E-state index in [0.29, 0.717) is 0 Å². The van der Waals surface area contributed by atoms with Crippen LogP contribution in [0.2, 0.25) is 0 Å². The van der Waals surface area contributed by atoms with E-state index >= 15 is 0 Å². The van der Waals surface area contributed by atoms with Crippen molar-refractivity contribution < 1.29 is 23.4 Å².